The molecule has 4 N–H and O–H groups in total. The molecule has 2 aromatic carbocycles. The third-order valence-corrected chi connectivity index (χ3v) is 6.19. The smallest absolute Gasteiger partial charge is 0.744 e. The minimum Gasteiger partial charge on any atom is -0.744 e. The van der Waals surface area contributed by atoms with Gasteiger partial charge >= 0.3 is 21.1 Å². The predicted molar refractivity (Wildman–Crippen MR) is 113 cm³/mol. The topological polar surface area (TPSA) is 166 Å². The van der Waals surface area contributed by atoms with Gasteiger partial charge in [0.05, 0.1) is 9.79 Å². The van der Waals surface area contributed by atoms with Crippen molar-refractivity contribution in [1.29, 1.82) is 0 Å². The number of nitrogens with two attached hydrogens (primary N) is 2. The van der Waals surface area contributed by atoms with E-state index in [4.69, 9.17) is 11.5 Å². The summed E-state index contributed by atoms with van der Waals surface area (Å²) in [6.45, 7) is 3.64. The minimum atomic E-state index is -4.27. The van der Waals surface area contributed by atoms with Crippen LogP contribution >= 0.6 is 0 Å². The van der Waals surface area contributed by atoms with E-state index in [0.717, 1.165) is 24.0 Å². The maximum Gasteiger partial charge on any atom is 2.00 e. The molecular formula is C20H28N2O6PtS2. The van der Waals surface area contributed by atoms with Gasteiger partial charge in [0.15, 0.2) is 0 Å². The Balaban J connectivity index is 0.000000434. The summed E-state index contributed by atoms with van der Waals surface area (Å²) in [5.41, 5.74) is 13.2. The predicted octanol–water partition coefficient (Wildman–Crippen LogP) is 2.01. The van der Waals surface area contributed by atoms with Gasteiger partial charge in [-0.3, -0.25) is 0 Å². The minimum absolute atomic E-state index is 0. The van der Waals surface area contributed by atoms with Crippen molar-refractivity contribution in [1.82, 2.24) is 0 Å². The van der Waals surface area contributed by atoms with Crippen molar-refractivity contribution >= 4 is 20.2 Å². The monoisotopic (exact) mass is 651 g/mol. The van der Waals surface area contributed by atoms with E-state index >= 15 is 0 Å². The van der Waals surface area contributed by atoms with Crippen molar-refractivity contribution in [3.8, 4) is 0 Å². The van der Waals surface area contributed by atoms with Crippen LogP contribution in [0.3, 0.4) is 0 Å². The van der Waals surface area contributed by atoms with E-state index in [0.29, 0.717) is 0 Å². The second-order valence-electron chi connectivity index (χ2n) is 7.15. The molecule has 0 saturated heterocycles. The van der Waals surface area contributed by atoms with Crippen LogP contribution in [0.5, 0.6) is 0 Å². The fourth-order valence-corrected chi connectivity index (χ4v) is 3.54. The van der Waals surface area contributed by atoms with Crippen LogP contribution in [0, 0.1) is 13.8 Å². The van der Waals surface area contributed by atoms with Crippen LogP contribution in [-0.4, -0.2) is 38.0 Å². The summed E-state index contributed by atoms with van der Waals surface area (Å²) < 4.78 is 62.3. The molecule has 2 aromatic rings. The van der Waals surface area contributed by atoms with Gasteiger partial charge in [-0.2, -0.15) is 0 Å². The van der Waals surface area contributed by atoms with Crippen molar-refractivity contribution in [2.24, 2.45) is 11.5 Å². The molecule has 11 heteroatoms. The average molecular weight is 652 g/mol. The fraction of sp³-hybridized carbons (Fsp3) is 0.400. The summed E-state index contributed by atoms with van der Waals surface area (Å²) in [6, 6.07) is 12.1. The molecule has 1 saturated carbocycles. The summed E-state index contributed by atoms with van der Waals surface area (Å²) in [7, 11) is -8.54. The summed E-state index contributed by atoms with van der Waals surface area (Å²) in [5, 5.41) is 0. The Hall–Kier alpha value is -1.13. The first-order valence-corrected chi connectivity index (χ1v) is 12.2. The van der Waals surface area contributed by atoms with Gasteiger partial charge in [-0.05, 0) is 51.0 Å². The number of hydrogen-bond acceptors (Lipinski definition) is 8. The first-order chi connectivity index (χ1) is 13.8. The molecule has 0 aliphatic heterocycles. The number of hydrogen-bond donors (Lipinski definition) is 2. The van der Waals surface area contributed by atoms with Crippen LogP contribution in [0.1, 0.15) is 36.8 Å². The van der Waals surface area contributed by atoms with Crippen LogP contribution in [0.15, 0.2) is 58.3 Å². The second kappa shape index (κ2) is 13.4. The Morgan fingerprint density at radius 3 is 1.13 bits per heavy atom. The van der Waals surface area contributed by atoms with Gasteiger partial charge < -0.3 is 20.6 Å². The van der Waals surface area contributed by atoms with Crippen LogP contribution in [0.2, 0.25) is 0 Å². The van der Waals surface area contributed by atoms with Gasteiger partial charge in [0, 0.05) is 12.1 Å². The summed E-state index contributed by atoms with van der Waals surface area (Å²) >= 11 is 0. The molecular weight excluding hydrogens is 623 g/mol. The maximum atomic E-state index is 10.4. The van der Waals surface area contributed by atoms with Gasteiger partial charge in [0.1, 0.15) is 20.2 Å². The third-order valence-electron chi connectivity index (χ3n) is 4.49. The molecule has 1 aliphatic rings. The third kappa shape index (κ3) is 11.9. The summed E-state index contributed by atoms with van der Waals surface area (Å²) in [4.78, 5) is -0.355. The first-order valence-electron chi connectivity index (χ1n) is 9.37. The molecule has 31 heavy (non-hydrogen) atoms. The van der Waals surface area contributed by atoms with E-state index in [9.17, 15) is 25.9 Å². The van der Waals surface area contributed by atoms with E-state index in [1.54, 1.807) is 24.3 Å². The SMILES string of the molecule is Cc1ccc(S(=O)(=O)[O-])cc1.Cc1ccc(S(=O)(=O)[O-])cc1.NC1CCCCC1N.[Pt+2]. The van der Waals surface area contributed by atoms with Crippen molar-refractivity contribution in [3.63, 3.8) is 0 Å². The molecule has 3 rings (SSSR count). The largest absolute Gasteiger partial charge is 2.00 e. The number of benzene rings is 2. The van der Waals surface area contributed by atoms with Crippen molar-refractivity contribution < 1.29 is 47.0 Å². The number of aryl methyl sites for hydroxylation is 2. The Kier molecular flexibility index (Phi) is 12.9. The molecule has 2 unspecified atom stereocenters. The molecule has 0 aromatic heterocycles. The van der Waals surface area contributed by atoms with E-state index in [-0.39, 0.29) is 42.9 Å². The Labute approximate surface area is 199 Å². The zero-order valence-corrected chi connectivity index (χ0v) is 21.2. The quantitative estimate of drug-likeness (QED) is 0.466. The zero-order valence-electron chi connectivity index (χ0n) is 17.3. The van der Waals surface area contributed by atoms with E-state index in [1.807, 2.05) is 13.8 Å². The molecule has 0 radical (unpaired) electrons. The zero-order chi connectivity index (χ0) is 22.9. The standard InChI is InChI=1S/2C7H8O3S.C6H14N2.Pt/c2*1-6-2-4-7(5-3-6)11(8,9)10;7-5-3-1-2-4-6(5)8;/h2*2-5H,1H3,(H,8,9,10);5-6H,1-4,7-8H2;/q;;;+2/p-2. The summed E-state index contributed by atoms with van der Waals surface area (Å²) in [5.74, 6) is 0. The van der Waals surface area contributed by atoms with Crippen molar-refractivity contribution in [2.75, 3.05) is 0 Å². The van der Waals surface area contributed by atoms with Gasteiger partial charge in [0.25, 0.3) is 0 Å². The van der Waals surface area contributed by atoms with Crippen molar-refractivity contribution in [3.05, 3.63) is 59.7 Å². The van der Waals surface area contributed by atoms with E-state index in [1.165, 1.54) is 37.1 Å². The van der Waals surface area contributed by atoms with Crippen LogP contribution < -0.4 is 11.5 Å². The molecule has 2 atom stereocenters. The molecule has 8 nitrogen and oxygen atoms in total. The molecule has 1 fully saturated rings. The van der Waals surface area contributed by atoms with Gasteiger partial charge in [-0.15, -0.1) is 0 Å². The normalized spacial score (nSPS) is 18.4. The molecule has 0 heterocycles. The summed E-state index contributed by atoms with van der Waals surface area (Å²) in [6.07, 6.45) is 4.80. The fourth-order valence-electron chi connectivity index (χ4n) is 2.60. The molecule has 0 amide bonds. The average Bonchev–Trinajstić information content (AvgIpc) is 2.64. The maximum absolute atomic E-state index is 10.4. The molecule has 0 spiro atoms. The first kappa shape index (κ1) is 29.9. The molecule has 1 aliphatic carbocycles. The van der Waals surface area contributed by atoms with E-state index < -0.39 is 20.2 Å². The van der Waals surface area contributed by atoms with Crippen LogP contribution in [0.4, 0.5) is 0 Å². The Morgan fingerprint density at radius 2 is 0.935 bits per heavy atom. The second-order valence-corrected chi connectivity index (χ2v) is 9.91. The van der Waals surface area contributed by atoms with Gasteiger partial charge in [-0.25, -0.2) is 16.8 Å². The van der Waals surface area contributed by atoms with E-state index in [2.05, 4.69) is 0 Å². The van der Waals surface area contributed by atoms with Crippen LogP contribution in [0.25, 0.3) is 0 Å². The number of rotatable bonds is 2. The van der Waals surface area contributed by atoms with Gasteiger partial charge in [0.2, 0.25) is 0 Å². The van der Waals surface area contributed by atoms with Gasteiger partial charge in [-0.1, -0.05) is 48.2 Å². The molecule has 176 valence electrons. The van der Waals surface area contributed by atoms with Crippen LogP contribution in [-0.2, 0) is 41.3 Å². The van der Waals surface area contributed by atoms with Crippen molar-refractivity contribution in [2.45, 2.75) is 61.4 Å². The molecule has 0 bridgehead atoms. The Morgan fingerprint density at radius 1 is 0.677 bits per heavy atom. The Bertz CT molecular complexity index is 911.